The Morgan fingerprint density at radius 2 is 2.18 bits per heavy atom. The molecule has 1 aliphatic heterocycles. The molecular weight excluding hydrogens is 280 g/mol. The molecule has 0 amide bonds. The molecule has 1 aliphatic rings. The van der Waals surface area contributed by atoms with Gasteiger partial charge in [-0.15, -0.1) is 0 Å². The van der Waals surface area contributed by atoms with Crippen molar-refractivity contribution in [1.29, 1.82) is 5.41 Å². The monoisotopic (exact) mass is 296 g/mol. The van der Waals surface area contributed by atoms with Crippen LogP contribution in [0.2, 0.25) is 0 Å². The Hall–Kier alpha value is -1.10. The Balaban J connectivity index is 2.10. The molecule has 3 N–H and O–H groups in total. The minimum atomic E-state index is 0.245. The molecule has 1 aromatic heterocycles. The molecule has 17 heavy (non-hydrogen) atoms. The smallest absolute Gasteiger partial charge is 0.143 e. The van der Waals surface area contributed by atoms with Crippen molar-refractivity contribution in [1.82, 2.24) is 4.98 Å². The minimum absolute atomic E-state index is 0.245. The van der Waals surface area contributed by atoms with Crippen molar-refractivity contribution in [3.8, 4) is 0 Å². The van der Waals surface area contributed by atoms with Gasteiger partial charge in [0.15, 0.2) is 0 Å². The lowest BCUT2D eigenvalue weighted by atomic mass is 9.96. The maximum Gasteiger partial charge on any atom is 0.143 e. The first-order valence-corrected chi connectivity index (χ1v) is 6.59. The molecule has 0 aromatic carbocycles. The fourth-order valence-electron chi connectivity index (χ4n) is 2.15. The average Bonchev–Trinajstić information content (AvgIpc) is 2.33. The molecule has 5 heteroatoms. The summed E-state index contributed by atoms with van der Waals surface area (Å²) in [4.78, 5) is 6.69. The van der Waals surface area contributed by atoms with Gasteiger partial charge in [0, 0.05) is 25.2 Å². The van der Waals surface area contributed by atoms with Crippen molar-refractivity contribution in [3.05, 3.63) is 22.3 Å². The summed E-state index contributed by atoms with van der Waals surface area (Å²) in [6.45, 7) is 3.90. The van der Waals surface area contributed by atoms with Gasteiger partial charge >= 0.3 is 0 Å². The number of pyridine rings is 1. The molecule has 1 saturated heterocycles. The highest BCUT2D eigenvalue weighted by Gasteiger charge is 2.23. The second-order valence-electron chi connectivity index (χ2n) is 4.48. The summed E-state index contributed by atoms with van der Waals surface area (Å²) in [5.74, 6) is 1.57. The van der Waals surface area contributed by atoms with Crippen molar-refractivity contribution >= 4 is 27.6 Å². The van der Waals surface area contributed by atoms with Crippen LogP contribution >= 0.6 is 15.9 Å². The zero-order valence-corrected chi connectivity index (χ0v) is 11.5. The van der Waals surface area contributed by atoms with Gasteiger partial charge in [-0.25, -0.2) is 4.98 Å². The number of amidine groups is 1. The Kier molecular flexibility index (Phi) is 3.66. The molecular formula is C12H17BrN4. The summed E-state index contributed by atoms with van der Waals surface area (Å²) < 4.78 is 1.07. The van der Waals surface area contributed by atoms with Gasteiger partial charge in [-0.2, -0.15) is 0 Å². The molecule has 0 unspecified atom stereocenters. The number of halogens is 1. The van der Waals surface area contributed by atoms with Gasteiger partial charge in [-0.1, -0.05) is 0 Å². The molecule has 2 heterocycles. The first kappa shape index (κ1) is 12.4. The SMILES string of the molecule is Cc1ccnc(N2CCC(C(=N)N)CC2)c1Br. The van der Waals surface area contributed by atoms with Crippen LogP contribution in [0.25, 0.3) is 0 Å². The third-order valence-corrected chi connectivity index (χ3v) is 4.28. The Labute approximate surface area is 110 Å². The zero-order chi connectivity index (χ0) is 12.4. The number of rotatable bonds is 2. The molecule has 0 atom stereocenters. The fourth-order valence-corrected chi connectivity index (χ4v) is 2.63. The van der Waals surface area contributed by atoms with Gasteiger partial charge in [-0.3, -0.25) is 5.41 Å². The van der Waals surface area contributed by atoms with Crippen molar-refractivity contribution < 1.29 is 0 Å². The number of aryl methyl sites for hydroxylation is 1. The molecule has 2 rings (SSSR count). The van der Waals surface area contributed by atoms with E-state index in [1.165, 1.54) is 5.56 Å². The van der Waals surface area contributed by atoms with Crippen LogP contribution in [0, 0.1) is 18.3 Å². The van der Waals surface area contributed by atoms with Crippen LogP contribution in [-0.4, -0.2) is 23.9 Å². The van der Waals surface area contributed by atoms with Gasteiger partial charge in [0.25, 0.3) is 0 Å². The Bertz CT molecular complexity index is 425. The second-order valence-corrected chi connectivity index (χ2v) is 5.28. The highest BCUT2D eigenvalue weighted by atomic mass is 79.9. The van der Waals surface area contributed by atoms with E-state index in [0.29, 0.717) is 5.84 Å². The summed E-state index contributed by atoms with van der Waals surface area (Å²) in [6, 6.07) is 2.00. The van der Waals surface area contributed by atoms with E-state index >= 15 is 0 Å². The van der Waals surface area contributed by atoms with E-state index < -0.39 is 0 Å². The number of nitrogens with zero attached hydrogens (tertiary/aromatic N) is 2. The number of aromatic nitrogens is 1. The molecule has 0 radical (unpaired) electrons. The number of nitrogens with two attached hydrogens (primary N) is 1. The lowest BCUT2D eigenvalue weighted by Crippen LogP contribution is -2.38. The summed E-state index contributed by atoms with van der Waals surface area (Å²) in [5, 5.41) is 7.47. The van der Waals surface area contributed by atoms with Crippen LogP contribution in [-0.2, 0) is 0 Å². The molecule has 1 fully saturated rings. The molecule has 0 aliphatic carbocycles. The van der Waals surface area contributed by atoms with E-state index in [9.17, 15) is 0 Å². The number of anilines is 1. The van der Waals surface area contributed by atoms with E-state index in [2.05, 4.69) is 32.7 Å². The molecule has 92 valence electrons. The largest absolute Gasteiger partial charge is 0.387 e. The van der Waals surface area contributed by atoms with Crippen LogP contribution in [0.5, 0.6) is 0 Å². The number of nitrogens with one attached hydrogen (secondary N) is 1. The van der Waals surface area contributed by atoms with E-state index in [0.717, 1.165) is 36.2 Å². The van der Waals surface area contributed by atoms with Crippen molar-refractivity contribution in [2.75, 3.05) is 18.0 Å². The maximum absolute atomic E-state index is 7.47. The highest BCUT2D eigenvalue weighted by Crippen LogP contribution is 2.29. The Morgan fingerprint density at radius 3 is 2.76 bits per heavy atom. The van der Waals surface area contributed by atoms with Crippen LogP contribution in [0.3, 0.4) is 0 Å². The van der Waals surface area contributed by atoms with Crippen LogP contribution in [0.15, 0.2) is 16.7 Å². The van der Waals surface area contributed by atoms with Crippen LogP contribution < -0.4 is 10.6 Å². The standard InChI is InChI=1S/C12H17BrN4/c1-8-2-5-16-12(10(8)13)17-6-3-9(4-7-17)11(14)15/h2,5,9H,3-4,6-7H2,1H3,(H3,14,15). The lowest BCUT2D eigenvalue weighted by Gasteiger charge is -2.33. The van der Waals surface area contributed by atoms with E-state index in [4.69, 9.17) is 11.1 Å². The number of hydrogen-bond acceptors (Lipinski definition) is 3. The number of hydrogen-bond donors (Lipinski definition) is 2. The van der Waals surface area contributed by atoms with E-state index in [1.54, 1.807) is 0 Å². The normalized spacial score (nSPS) is 17.2. The fraction of sp³-hybridized carbons (Fsp3) is 0.500. The molecule has 0 bridgehead atoms. The zero-order valence-electron chi connectivity index (χ0n) is 9.91. The quantitative estimate of drug-likeness (QED) is 0.650. The molecule has 1 aromatic rings. The Morgan fingerprint density at radius 1 is 1.53 bits per heavy atom. The third-order valence-electron chi connectivity index (χ3n) is 3.30. The summed E-state index contributed by atoms with van der Waals surface area (Å²) in [5.41, 5.74) is 6.74. The highest BCUT2D eigenvalue weighted by molar-refractivity contribution is 9.10. The third kappa shape index (κ3) is 2.60. The lowest BCUT2D eigenvalue weighted by molar-refractivity contribution is 0.494. The van der Waals surface area contributed by atoms with Gasteiger partial charge in [0.05, 0.1) is 10.3 Å². The first-order chi connectivity index (χ1) is 8.09. The molecule has 4 nitrogen and oxygen atoms in total. The summed E-state index contributed by atoms with van der Waals surface area (Å²) in [7, 11) is 0. The predicted molar refractivity (Wildman–Crippen MR) is 73.5 cm³/mol. The topological polar surface area (TPSA) is 66.0 Å². The second kappa shape index (κ2) is 5.04. The van der Waals surface area contributed by atoms with Gasteiger partial charge in [0.2, 0.25) is 0 Å². The summed E-state index contributed by atoms with van der Waals surface area (Å²) in [6.07, 6.45) is 3.72. The number of piperidine rings is 1. The van der Waals surface area contributed by atoms with Crippen molar-refractivity contribution in [2.24, 2.45) is 11.7 Å². The first-order valence-electron chi connectivity index (χ1n) is 5.79. The van der Waals surface area contributed by atoms with Crippen molar-refractivity contribution in [3.63, 3.8) is 0 Å². The molecule has 0 saturated carbocycles. The van der Waals surface area contributed by atoms with Crippen LogP contribution in [0.4, 0.5) is 5.82 Å². The predicted octanol–water partition coefficient (Wildman–Crippen LogP) is 2.30. The van der Waals surface area contributed by atoms with E-state index in [-0.39, 0.29) is 5.92 Å². The van der Waals surface area contributed by atoms with Crippen molar-refractivity contribution in [2.45, 2.75) is 19.8 Å². The maximum atomic E-state index is 7.47. The van der Waals surface area contributed by atoms with Gasteiger partial charge < -0.3 is 10.6 Å². The summed E-state index contributed by atoms with van der Waals surface area (Å²) >= 11 is 3.59. The van der Waals surface area contributed by atoms with E-state index in [1.807, 2.05) is 12.3 Å². The van der Waals surface area contributed by atoms with Gasteiger partial charge in [-0.05, 0) is 47.3 Å². The minimum Gasteiger partial charge on any atom is -0.387 e. The molecule has 0 spiro atoms. The van der Waals surface area contributed by atoms with Crippen LogP contribution in [0.1, 0.15) is 18.4 Å². The van der Waals surface area contributed by atoms with Gasteiger partial charge in [0.1, 0.15) is 5.82 Å². The average molecular weight is 297 g/mol.